The number of carbonyl (C=O) groups excluding carboxylic acids is 1. The van der Waals surface area contributed by atoms with Crippen LogP contribution in [-0.4, -0.2) is 42.4 Å². The van der Waals surface area contributed by atoms with E-state index in [-0.39, 0.29) is 17.9 Å². The van der Waals surface area contributed by atoms with Gasteiger partial charge in [-0.2, -0.15) is 13.2 Å². The van der Waals surface area contributed by atoms with Crippen molar-refractivity contribution in [2.75, 3.05) is 23.4 Å². The first-order valence-corrected chi connectivity index (χ1v) is 12.9. The predicted molar refractivity (Wildman–Crippen MR) is 132 cm³/mol. The average molecular weight is 503 g/mol. The van der Waals surface area contributed by atoms with Crippen LogP contribution in [-0.2, 0) is 16.1 Å². The van der Waals surface area contributed by atoms with Gasteiger partial charge in [0.2, 0.25) is 5.91 Å². The molecule has 9 heteroatoms. The van der Waals surface area contributed by atoms with Crippen molar-refractivity contribution < 1.29 is 22.7 Å². The number of fused-ring (bicyclic) bond motifs is 2. The molecule has 2 fully saturated rings. The van der Waals surface area contributed by atoms with E-state index in [1.54, 1.807) is 6.20 Å². The quantitative estimate of drug-likeness (QED) is 0.564. The van der Waals surface area contributed by atoms with Gasteiger partial charge in [0.05, 0.1) is 17.9 Å². The molecule has 2 aromatic rings. The number of ether oxygens (including phenoxy) is 1. The number of aromatic nitrogens is 1. The molecule has 0 radical (unpaired) electrons. The highest BCUT2D eigenvalue weighted by molar-refractivity contribution is 5.99. The summed E-state index contributed by atoms with van der Waals surface area (Å²) in [6.07, 6.45) is 1.62. The minimum atomic E-state index is -4.26. The number of benzene rings is 1. The first kappa shape index (κ1) is 25.0. The van der Waals surface area contributed by atoms with Crippen LogP contribution in [0.1, 0.15) is 62.5 Å². The molecule has 0 bridgehead atoms. The summed E-state index contributed by atoms with van der Waals surface area (Å²) in [5.41, 5.74) is 3.81. The maximum atomic E-state index is 13.9. The molecule has 3 aliphatic rings. The van der Waals surface area contributed by atoms with E-state index in [9.17, 15) is 18.0 Å². The van der Waals surface area contributed by atoms with Crippen LogP contribution in [0.4, 0.5) is 30.4 Å². The molecule has 194 valence electrons. The highest BCUT2D eigenvalue weighted by Crippen LogP contribution is 2.40. The number of amides is 1. The number of pyridine rings is 1. The molecular formula is C27H33F3N4O2. The van der Waals surface area contributed by atoms with E-state index >= 15 is 0 Å². The molecule has 1 amide bonds. The number of hydrogen-bond acceptors (Lipinski definition) is 5. The smallest absolute Gasteiger partial charge is 0.381 e. The van der Waals surface area contributed by atoms with Crippen molar-refractivity contribution in [3.05, 3.63) is 47.7 Å². The van der Waals surface area contributed by atoms with E-state index in [1.165, 1.54) is 5.56 Å². The Balaban J connectivity index is 1.37. The Labute approximate surface area is 209 Å². The molecule has 0 spiro atoms. The molecule has 1 aliphatic carbocycles. The second-order valence-electron chi connectivity index (χ2n) is 10.2. The van der Waals surface area contributed by atoms with Crippen molar-refractivity contribution >= 4 is 23.1 Å². The van der Waals surface area contributed by atoms with Gasteiger partial charge in [0, 0.05) is 36.9 Å². The third-order valence-electron chi connectivity index (χ3n) is 7.80. The number of carbonyl (C=O) groups is 1. The summed E-state index contributed by atoms with van der Waals surface area (Å²) >= 11 is 0. The molecule has 6 nitrogen and oxygen atoms in total. The van der Waals surface area contributed by atoms with Crippen molar-refractivity contribution in [1.82, 2.24) is 10.3 Å². The maximum absolute atomic E-state index is 13.9. The number of halogens is 3. The topological polar surface area (TPSA) is 66.5 Å². The standard InChI is InChI=1S/C27H33F3N4O2/c1-17(27(28,29)30)32-22-7-4-19(5-8-22)26(35)34-16-21-3-2-12-31-25(21)33-23-9-6-20(15-24(23)34)18-10-13-36-14-11-18/h2-3,6,9,12,15,17-19,22,32H,4-5,7-8,10-11,13-14,16H2,1H3,(H,31,33)/t17-,19-,22-/m0/s1. The molecule has 36 heavy (non-hydrogen) atoms. The van der Waals surface area contributed by atoms with Gasteiger partial charge in [0.15, 0.2) is 0 Å². The third kappa shape index (κ3) is 5.37. The fourth-order valence-corrected chi connectivity index (χ4v) is 5.60. The molecule has 1 saturated carbocycles. The van der Waals surface area contributed by atoms with Gasteiger partial charge in [-0.25, -0.2) is 4.98 Å². The Morgan fingerprint density at radius 3 is 2.61 bits per heavy atom. The zero-order valence-corrected chi connectivity index (χ0v) is 20.5. The molecule has 1 atom stereocenters. The molecule has 1 aromatic carbocycles. The largest absolute Gasteiger partial charge is 0.403 e. The first-order chi connectivity index (χ1) is 17.3. The van der Waals surface area contributed by atoms with Crippen molar-refractivity contribution in [2.45, 2.75) is 76.2 Å². The van der Waals surface area contributed by atoms with E-state index < -0.39 is 12.2 Å². The van der Waals surface area contributed by atoms with Crippen LogP contribution < -0.4 is 15.5 Å². The van der Waals surface area contributed by atoms with Crippen LogP contribution >= 0.6 is 0 Å². The molecular weight excluding hydrogens is 469 g/mol. The van der Waals surface area contributed by atoms with Crippen LogP contribution in [0.5, 0.6) is 0 Å². The fourth-order valence-electron chi connectivity index (χ4n) is 5.60. The summed E-state index contributed by atoms with van der Waals surface area (Å²) < 4.78 is 44.5. The molecule has 2 N–H and O–H groups in total. The van der Waals surface area contributed by atoms with Crippen LogP contribution in [0.3, 0.4) is 0 Å². The van der Waals surface area contributed by atoms with Gasteiger partial charge in [0.1, 0.15) is 11.9 Å². The van der Waals surface area contributed by atoms with Crippen LogP contribution in [0.25, 0.3) is 0 Å². The Hall–Kier alpha value is -2.65. The highest BCUT2D eigenvalue weighted by Gasteiger charge is 2.39. The van der Waals surface area contributed by atoms with E-state index in [1.807, 2.05) is 23.1 Å². The average Bonchev–Trinajstić information content (AvgIpc) is 3.05. The van der Waals surface area contributed by atoms with Gasteiger partial charge in [-0.1, -0.05) is 12.1 Å². The highest BCUT2D eigenvalue weighted by atomic mass is 19.4. The zero-order valence-electron chi connectivity index (χ0n) is 20.5. The van der Waals surface area contributed by atoms with Gasteiger partial charge in [-0.3, -0.25) is 4.79 Å². The molecule has 1 saturated heterocycles. The summed E-state index contributed by atoms with van der Waals surface area (Å²) in [6, 6.07) is 8.34. The van der Waals surface area contributed by atoms with Gasteiger partial charge in [-0.15, -0.1) is 0 Å². The zero-order chi connectivity index (χ0) is 25.3. The van der Waals surface area contributed by atoms with Crippen LogP contribution in [0.2, 0.25) is 0 Å². The number of anilines is 3. The number of nitrogens with zero attached hydrogens (tertiary/aromatic N) is 2. The van der Waals surface area contributed by atoms with Crippen molar-refractivity contribution in [2.24, 2.45) is 5.92 Å². The van der Waals surface area contributed by atoms with Gasteiger partial charge in [0.25, 0.3) is 0 Å². The van der Waals surface area contributed by atoms with Crippen LogP contribution in [0.15, 0.2) is 36.5 Å². The lowest BCUT2D eigenvalue weighted by Gasteiger charge is -2.34. The SMILES string of the molecule is C[C@H](N[C@H]1CC[C@H](C(=O)N2Cc3cccnc3Nc3ccc(C4CCOCC4)cc32)CC1)C(F)(F)F. The summed E-state index contributed by atoms with van der Waals surface area (Å²) in [5.74, 6) is 0.937. The Bertz CT molecular complexity index is 1080. The lowest BCUT2D eigenvalue weighted by molar-refractivity contribution is -0.154. The molecule has 0 unspecified atom stereocenters. The minimum absolute atomic E-state index is 0.0289. The minimum Gasteiger partial charge on any atom is -0.381 e. The number of hydrogen-bond donors (Lipinski definition) is 2. The summed E-state index contributed by atoms with van der Waals surface area (Å²) in [5, 5.41) is 6.12. The van der Waals surface area contributed by atoms with Crippen LogP contribution in [0, 0.1) is 5.92 Å². The molecule has 5 rings (SSSR count). The molecule has 3 heterocycles. The van der Waals surface area contributed by atoms with Gasteiger partial charge >= 0.3 is 6.18 Å². The molecule has 2 aliphatic heterocycles. The first-order valence-electron chi connectivity index (χ1n) is 12.9. The number of nitrogens with one attached hydrogen (secondary N) is 2. The second kappa shape index (κ2) is 10.4. The van der Waals surface area contributed by atoms with E-state index in [2.05, 4.69) is 27.8 Å². The fraction of sp³-hybridized carbons (Fsp3) is 0.556. The summed E-state index contributed by atoms with van der Waals surface area (Å²) in [6.45, 7) is 3.03. The van der Waals surface area contributed by atoms with E-state index in [4.69, 9.17) is 4.74 Å². The van der Waals surface area contributed by atoms with E-state index in [0.717, 1.165) is 55.7 Å². The normalized spacial score (nSPS) is 23.7. The molecule has 1 aromatic heterocycles. The number of alkyl halides is 3. The Morgan fingerprint density at radius 2 is 1.89 bits per heavy atom. The van der Waals surface area contributed by atoms with E-state index in [0.29, 0.717) is 38.1 Å². The summed E-state index contributed by atoms with van der Waals surface area (Å²) in [4.78, 5) is 20.3. The monoisotopic (exact) mass is 502 g/mol. The Kier molecular flexibility index (Phi) is 7.21. The van der Waals surface area contributed by atoms with Crippen molar-refractivity contribution in [3.8, 4) is 0 Å². The third-order valence-corrected chi connectivity index (χ3v) is 7.80. The maximum Gasteiger partial charge on any atom is 0.403 e. The van der Waals surface area contributed by atoms with Gasteiger partial charge in [-0.05, 0) is 75.1 Å². The summed E-state index contributed by atoms with van der Waals surface area (Å²) in [7, 11) is 0. The lowest BCUT2D eigenvalue weighted by Crippen LogP contribution is -2.47. The van der Waals surface area contributed by atoms with Crippen molar-refractivity contribution in [1.29, 1.82) is 0 Å². The van der Waals surface area contributed by atoms with Crippen molar-refractivity contribution in [3.63, 3.8) is 0 Å². The second-order valence-corrected chi connectivity index (χ2v) is 10.2. The number of rotatable bonds is 4. The van der Waals surface area contributed by atoms with Gasteiger partial charge < -0.3 is 20.3 Å². The lowest BCUT2D eigenvalue weighted by atomic mass is 9.84. The predicted octanol–water partition coefficient (Wildman–Crippen LogP) is 5.67. The Morgan fingerprint density at radius 1 is 1.14 bits per heavy atom.